The van der Waals surface area contributed by atoms with Crippen LogP contribution < -0.4 is 0 Å². The van der Waals surface area contributed by atoms with Gasteiger partial charge < -0.3 is 4.98 Å². The molecule has 0 saturated heterocycles. The number of carbonyl (C=O) groups is 1. The van der Waals surface area contributed by atoms with E-state index in [2.05, 4.69) is 46.4 Å². The maximum Gasteiger partial charge on any atom is 0.131 e. The molecular weight excluding hydrogens is 248 g/mol. The van der Waals surface area contributed by atoms with E-state index in [-0.39, 0.29) is 5.78 Å². The fourth-order valence-electron chi connectivity index (χ4n) is 2.81. The zero-order valence-corrected chi connectivity index (χ0v) is 11.9. The molecule has 3 heteroatoms. The highest BCUT2D eigenvalue weighted by Gasteiger charge is 2.15. The topological polar surface area (TPSA) is 36.1 Å². The van der Waals surface area contributed by atoms with Crippen molar-refractivity contribution in [1.82, 2.24) is 9.88 Å². The Hall–Kier alpha value is -1.87. The number of hydrogen-bond acceptors (Lipinski definition) is 2. The number of benzene rings is 1. The Bertz CT molecular complexity index is 654. The standard InChI is InChI=1S/C17H20N2O/c1-13(20)6-9-19-10-7-14(8-11-19)16-12-18-17-5-3-2-4-15(16)17/h2-5,7,12,18H,6,8-11H2,1H3. The molecule has 0 fully saturated rings. The fraction of sp³-hybridized carbons (Fsp3) is 0.353. The van der Waals surface area contributed by atoms with Crippen molar-refractivity contribution in [2.75, 3.05) is 19.6 Å². The normalized spacial score (nSPS) is 16.4. The molecule has 1 aliphatic rings. The van der Waals surface area contributed by atoms with Gasteiger partial charge in [0.2, 0.25) is 0 Å². The molecule has 0 amide bonds. The first-order valence-electron chi connectivity index (χ1n) is 7.21. The fourth-order valence-corrected chi connectivity index (χ4v) is 2.81. The lowest BCUT2D eigenvalue weighted by molar-refractivity contribution is -0.117. The van der Waals surface area contributed by atoms with Crippen molar-refractivity contribution in [3.63, 3.8) is 0 Å². The van der Waals surface area contributed by atoms with E-state index >= 15 is 0 Å². The van der Waals surface area contributed by atoms with Gasteiger partial charge in [-0.05, 0) is 25.0 Å². The summed E-state index contributed by atoms with van der Waals surface area (Å²) in [6, 6.07) is 8.43. The van der Waals surface area contributed by atoms with E-state index in [1.54, 1.807) is 6.92 Å². The summed E-state index contributed by atoms with van der Waals surface area (Å²) in [7, 11) is 0. The highest BCUT2D eigenvalue weighted by atomic mass is 16.1. The SMILES string of the molecule is CC(=O)CCN1CC=C(c2c[nH]c3ccccc23)CC1. The Morgan fingerprint density at radius 3 is 2.95 bits per heavy atom. The minimum Gasteiger partial charge on any atom is -0.361 e. The van der Waals surface area contributed by atoms with Crippen LogP contribution in [0.4, 0.5) is 0 Å². The number of aromatic amines is 1. The summed E-state index contributed by atoms with van der Waals surface area (Å²) in [4.78, 5) is 16.7. The molecule has 0 atom stereocenters. The van der Waals surface area contributed by atoms with Gasteiger partial charge in [0.05, 0.1) is 0 Å². The highest BCUT2D eigenvalue weighted by Crippen LogP contribution is 2.28. The molecule has 0 bridgehead atoms. The summed E-state index contributed by atoms with van der Waals surface area (Å²) >= 11 is 0. The van der Waals surface area contributed by atoms with Crippen LogP contribution in [0.3, 0.4) is 0 Å². The smallest absolute Gasteiger partial charge is 0.131 e. The third kappa shape index (κ3) is 2.68. The van der Waals surface area contributed by atoms with Crippen LogP contribution in [0.15, 0.2) is 36.5 Å². The second-order valence-corrected chi connectivity index (χ2v) is 5.48. The molecule has 0 saturated carbocycles. The van der Waals surface area contributed by atoms with Crippen LogP contribution in [-0.2, 0) is 4.79 Å². The second kappa shape index (κ2) is 5.63. The van der Waals surface area contributed by atoms with Gasteiger partial charge in [0.15, 0.2) is 0 Å². The van der Waals surface area contributed by atoms with Gasteiger partial charge in [0, 0.05) is 48.7 Å². The largest absolute Gasteiger partial charge is 0.361 e. The number of carbonyl (C=O) groups excluding carboxylic acids is 1. The van der Waals surface area contributed by atoms with Gasteiger partial charge in [-0.1, -0.05) is 24.3 Å². The molecule has 3 rings (SSSR count). The summed E-state index contributed by atoms with van der Waals surface area (Å²) in [5, 5.41) is 1.30. The molecule has 1 aromatic carbocycles. The van der Waals surface area contributed by atoms with Gasteiger partial charge in [-0.2, -0.15) is 0 Å². The Kier molecular flexibility index (Phi) is 3.70. The van der Waals surface area contributed by atoms with Crippen LogP contribution in [0.2, 0.25) is 0 Å². The molecule has 2 heterocycles. The number of fused-ring (bicyclic) bond motifs is 1. The molecule has 0 radical (unpaired) electrons. The molecule has 1 aromatic heterocycles. The second-order valence-electron chi connectivity index (χ2n) is 5.48. The molecular formula is C17H20N2O. The maximum absolute atomic E-state index is 11.0. The summed E-state index contributed by atoms with van der Waals surface area (Å²) < 4.78 is 0. The molecule has 0 unspecified atom stereocenters. The molecule has 1 aliphatic heterocycles. The van der Waals surface area contributed by atoms with Crippen molar-refractivity contribution >= 4 is 22.3 Å². The first kappa shape index (κ1) is 13.1. The molecule has 0 aliphatic carbocycles. The van der Waals surface area contributed by atoms with E-state index < -0.39 is 0 Å². The van der Waals surface area contributed by atoms with Gasteiger partial charge in [-0.25, -0.2) is 0 Å². The first-order valence-corrected chi connectivity index (χ1v) is 7.21. The number of Topliss-reactive ketones (excluding diaryl/α,β-unsaturated/α-hetero) is 1. The molecule has 20 heavy (non-hydrogen) atoms. The number of nitrogens with one attached hydrogen (secondary N) is 1. The van der Waals surface area contributed by atoms with Crippen molar-refractivity contribution in [3.8, 4) is 0 Å². The number of hydrogen-bond donors (Lipinski definition) is 1. The molecule has 3 nitrogen and oxygen atoms in total. The van der Waals surface area contributed by atoms with E-state index in [1.807, 2.05) is 0 Å². The summed E-state index contributed by atoms with van der Waals surface area (Å²) in [5.41, 5.74) is 3.94. The Labute approximate surface area is 119 Å². The van der Waals surface area contributed by atoms with E-state index in [4.69, 9.17) is 0 Å². The summed E-state index contributed by atoms with van der Waals surface area (Å²) in [5.74, 6) is 0.274. The third-order valence-electron chi connectivity index (χ3n) is 4.01. The van der Waals surface area contributed by atoms with Crippen LogP contribution in [0.5, 0.6) is 0 Å². The van der Waals surface area contributed by atoms with Crippen molar-refractivity contribution < 1.29 is 4.79 Å². The maximum atomic E-state index is 11.0. The number of para-hydroxylation sites is 1. The van der Waals surface area contributed by atoms with Gasteiger partial charge in [-0.15, -0.1) is 0 Å². The molecule has 2 aromatic rings. The lowest BCUT2D eigenvalue weighted by atomic mass is 9.99. The number of rotatable bonds is 4. The van der Waals surface area contributed by atoms with Gasteiger partial charge in [0.25, 0.3) is 0 Å². The Morgan fingerprint density at radius 2 is 2.20 bits per heavy atom. The van der Waals surface area contributed by atoms with E-state index in [0.717, 1.165) is 26.1 Å². The highest BCUT2D eigenvalue weighted by molar-refractivity contribution is 5.92. The average molecular weight is 268 g/mol. The van der Waals surface area contributed by atoms with E-state index in [1.165, 1.54) is 22.0 Å². The lowest BCUT2D eigenvalue weighted by Crippen LogP contribution is -2.30. The molecule has 0 spiro atoms. The van der Waals surface area contributed by atoms with Gasteiger partial charge >= 0.3 is 0 Å². The van der Waals surface area contributed by atoms with Crippen LogP contribution in [0.25, 0.3) is 16.5 Å². The predicted molar refractivity (Wildman–Crippen MR) is 82.6 cm³/mol. The van der Waals surface area contributed by atoms with Crippen LogP contribution >= 0.6 is 0 Å². The van der Waals surface area contributed by atoms with Crippen molar-refractivity contribution in [2.24, 2.45) is 0 Å². The number of aromatic nitrogens is 1. The summed E-state index contributed by atoms with van der Waals surface area (Å²) in [6.07, 6.45) is 6.14. The van der Waals surface area contributed by atoms with Gasteiger partial charge in [0.1, 0.15) is 5.78 Å². The number of H-pyrrole nitrogens is 1. The number of ketones is 1. The first-order chi connectivity index (χ1) is 9.74. The van der Waals surface area contributed by atoms with Crippen molar-refractivity contribution in [3.05, 3.63) is 42.1 Å². The van der Waals surface area contributed by atoms with Gasteiger partial charge in [-0.3, -0.25) is 9.69 Å². The predicted octanol–water partition coefficient (Wildman–Crippen LogP) is 3.24. The quantitative estimate of drug-likeness (QED) is 0.924. The zero-order valence-electron chi connectivity index (χ0n) is 11.9. The Morgan fingerprint density at radius 1 is 1.35 bits per heavy atom. The monoisotopic (exact) mass is 268 g/mol. The van der Waals surface area contributed by atoms with E-state index in [9.17, 15) is 4.79 Å². The molecule has 104 valence electrons. The van der Waals surface area contributed by atoms with E-state index in [0.29, 0.717) is 6.42 Å². The van der Waals surface area contributed by atoms with Crippen LogP contribution in [0, 0.1) is 0 Å². The van der Waals surface area contributed by atoms with Crippen molar-refractivity contribution in [1.29, 1.82) is 0 Å². The Balaban J connectivity index is 1.74. The summed E-state index contributed by atoms with van der Waals surface area (Å²) in [6.45, 7) is 4.53. The van der Waals surface area contributed by atoms with Crippen LogP contribution in [-0.4, -0.2) is 35.3 Å². The van der Waals surface area contributed by atoms with Crippen LogP contribution in [0.1, 0.15) is 25.3 Å². The number of nitrogens with zero attached hydrogens (tertiary/aromatic N) is 1. The molecule has 1 N–H and O–H groups in total. The third-order valence-corrected chi connectivity index (χ3v) is 4.01. The van der Waals surface area contributed by atoms with Crippen molar-refractivity contribution in [2.45, 2.75) is 19.8 Å². The average Bonchev–Trinajstić information content (AvgIpc) is 2.89. The lowest BCUT2D eigenvalue weighted by Gasteiger charge is -2.25. The zero-order chi connectivity index (χ0) is 13.9. The minimum absolute atomic E-state index is 0.274. The minimum atomic E-state index is 0.274.